The lowest BCUT2D eigenvalue weighted by Crippen LogP contribution is -2.40. The number of amides is 1. The van der Waals surface area contributed by atoms with Gasteiger partial charge in [-0.1, -0.05) is 41.6 Å². The third-order valence-corrected chi connectivity index (χ3v) is 8.81. The standard InChI is InChI=1S/C28H27N3O9S2/c1-37-24-18-19(13-15-25(32)29-22-11-7-6-10-21(22)28(33)34)12-14-23(24)39-16-17-41-26-27(31(38-2)40-30-26)42(35,36)20-8-4-3-5-9-20/h3-15,18,27H,16-17H2,1-2H3,(H,29,32)(H,33,34)/b15-13+. The van der Waals surface area contributed by atoms with Gasteiger partial charge in [-0.3, -0.25) is 14.6 Å². The van der Waals surface area contributed by atoms with E-state index in [1.165, 1.54) is 44.6 Å². The first-order valence-corrected chi connectivity index (χ1v) is 14.9. The molecule has 0 saturated carbocycles. The van der Waals surface area contributed by atoms with Gasteiger partial charge in [0, 0.05) is 17.1 Å². The Bertz CT molecular complexity index is 1600. The Morgan fingerprint density at radius 1 is 1.07 bits per heavy atom. The first kappa shape index (κ1) is 30.6. The average Bonchev–Trinajstić information content (AvgIpc) is 3.43. The molecule has 1 aliphatic rings. The van der Waals surface area contributed by atoms with E-state index < -0.39 is 27.1 Å². The van der Waals surface area contributed by atoms with Gasteiger partial charge >= 0.3 is 5.97 Å². The first-order valence-electron chi connectivity index (χ1n) is 12.4. The van der Waals surface area contributed by atoms with Crippen molar-refractivity contribution in [2.24, 2.45) is 5.16 Å². The maximum Gasteiger partial charge on any atom is 0.337 e. The molecule has 1 amide bonds. The van der Waals surface area contributed by atoms with Gasteiger partial charge in [0.25, 0.3) is 0 Å². The van der Waals surface area contributed by atoms with Gasteiger partial charge in [-0.2, -0.15) is 0 Å². The fourth-order valence-corrected chi connectivity index (χ4v) is 6.53. The number of methoxy groups -OCH3 is 1. The number of oxime groups is 1. The van der Waals surface area contributed by atoms with Crippen LogP contribution in [-0.2, 0) is 24.4 Å². The van der Waals surface area contributed by atoms with Gasteiger partial charge in [-0.25, -0.2) is 13.2 Å². The molecule has 4 rings (SSSR count). The number of hydroxylamine groups is 2. The highest BCUT2D eigenvalue weighted by molar-refractivity contribution is 8.15. The Morgan fingerprint density at radius 3 is 2.52 bits per heavy atom. The zero-order valence-electron chi connectivity index (χ0n) is 22.5. The molecule has 3 aromatic carbocycles. The number of ether oxygens (including phenoxy) is 2. The number of carbonyl (C=O) groups is 2. The van der Waals surface area contributed by atoms with Gasteiger partial charge < -0.3 is 19.9 Å². The molecule has 0 saturated heterocycles. The largest absolute Gasteiger partial charge is 0.493 e. The van der Waals surface area contributed by atoms with Gasteiger partial charge in [-0.05, 0) is 48.0 Å². The molecule has 1 heterocycles. The van der Waals surface area contributed by atoms with E-state index in [0.717, 1.165) is 17.0 Å². The normalized spacial score (nSPS) is 15.2. The molecular weight excluding hydrogens is 586 g/mol. The third-order valence-electron chi connectivity index (χ3n) is 5.78. The highest BCUT2D eigenvalue weighted by Crippen LogP contribution is 2.31. The van der Waals surface area contributed by atoms with Crippen LogP contribution in [0.4, 0.5) is 5.69 Å². The first-order chi connectivity index (χ1) is 20.2. The SMILES string of the molecule is COc1cc(/C=C/C(=O)Nc2ccccc2C(=O)O)ccc1OCCSC1=NON(OC)C1S(=O)(=O)c1ccccc1. The van der Waals surface area contributed by atoms with Gasteiger partial charge in [0.1, 0.15) is 0 Å². The number of sulfone groups is 1. The molecule has 1 unspecified atom stereocenters. The average molecular weight is 614 g/mol. The Labute approximate surface area is 246 Å². The summed E-state index contributed by atoms with van der Waals surface area (Å²) in [5.74, 6) is -0.462. The maximum atomic E-state index is 13.2. The van der Waals surface area contributed by atoms with Gasteiger partial charge in [0.15, 0.2) is 16.5 Å². The lowest BCUT2D eigenvalue weighted by atomic mass is 10.1. The van der Waals surface area contributed by atoms with E-state index in [1.54, 1.807) is 54.6 Å². The second-order valence-electron chi connectivity index (χ2n) is 8.47. The highest BCUT2D eigenvalue weighted by atomic mass is 32.2. The van der Waals surface area contributed by atoms with E-state index in [1.807, 2.05) is 0 Å². The maximum absolute atomic E-state index is 13.2. The third kappa shape index (κ3) is 7.28. The van der Waals surface area contributed by atoms with Crippen LogP contribution in [0.1, 0.15) is 15.9 Å². The summed E-state index contributed by atoms with van der Waals surface area (Å²) >= 11 is 1.15. The van der Waals surface area contributed by atoms with E-state index in [-0.39, 0.29) is 27.8 Å². The molecule has 0 fully saturated rings. The van der Waals surface area contributed by atoms with Crippen molar-refractivity contribution in [2.45, 2.75) is 10.3 Å². The van der Waals surface area contributed by atoms with Gasteiger partial charge in [0.05, 0.1) is 37.0 Å². The van der Waals surface area contributed by atoms with Crippen molar-refractivity contribution in [3.63, 3.8) is 0 Å². The van der Waals surface area contributed by atoms with E-state index in [2.05, 4.69) is 10.5 Å². The summed E-state index contributed by atoms with van der Waals surface area (Å²) in [6.07, 6.45) is 2.83. The number of hydrogen-bond acceptors (Lipinski definition) is 11. The molecule has 2 N–H and O–H groups in total. The summed E-state index contributed by atoms with van der Waals surface area (Å²) in [5, 5.41) is 15.5. The minimum atomic E-state index is -3.89. The molecule has 14 heteroatoms. The summed E-state index contributed by atoms with van der Waals surface area (Å²) in [5.41, 5.74) is 0.812. The zero-order valence-corrected chi connectivity index (χ0v) is 24.1. The van der Waals surface area contributed by atoms with Crippen molar-refractivity contribution in [1.29, 1.82) is 0 Å². The number of hydrogen-bond donors (Lipinski definition) is 2. The van der Waals surface area contributed by atoms with Crippen LogP contribution in [0.25, 0.3) is 6.08 Å². The van der Waals surface area contributed by atoms with Crippen LogP contribution in [0.3, 0.4) is 0 Å². The molecule has 220 valence electrons. The molecule has 3 aromatic rings. The number of nitrogens with zero attached hydrogens (tertiary/aromatic N) is 2. The van der Waals surface area contributed by atoms with Crippen molar-refractivity contribution in [1.82, 2.24) is 5.23 Å². The van der Waals surface area contributed by atoms with Crippen molar-refractivity contribution in [3.05, 3.63) is 90.0 Å². The molecule has 0 bridgehead atoms. The number of carboxylic acids is 1. The molecule has 0 spiro atoms. The summed E-state index contributed by atoms with van der Waals surface area (Å²) in [6, 6.07) is 19.1. The molecule has 0 radical (unpaired) electrons. The second kappa shape index (κ2) is 14.0. The Balaban J connectivity index is 1.34. The number of nitrogens with one attached hydrogen (secondary N) is 1. The van der Waals surface area contributed by atoms with Crippen molar-refractivity contribution in [2.75, 3.05) is 31.9 Å². The fourth-order valence-electron chi connectivity index (χ4n) is 3.80. The quantitative estimate of drug-likeness (QED) is 0.224. The van der Waals surface area contributed by atoms with Crippen LogP contribution in [-0.4, -0.2) is 67.6 Å². The Kier molecular flexibility index (Phi) is 10.2. The minimum absolute atomic E-state index is 0.0162. The number of para-hydroxylation sites is 1. The smallest absolute Gasteiger partial charge is 0.337 e. The fraction of sp³-hybridized carbons (Fsp3) is 0.179. The number of benzene rings is 3. The summed E-state index contributed by atoms with van der Waals surface area (Å²) in [4.78, 5) is 33.9. The van der Waals surface area contributed by atoms with Crippen molar-refractivity contribution < 1.29 is 42.4 Å². The molecule has 0 aromatic heterocycles. The molecule has 0 aliphatic carbocycles. The lowest BCUT2D eigenvalue weighted by molar-refractivity contribution is -0.344. The molecule has 1 aliphatic heterocycles. The topological polar surface area (TPSA) is 153 Å². The van der Waals surface area contributed by atoms with Gasteiger partial charge in [-0.15, -0.1) is 11.8 Å². The second-order valence-corrected chi connectivity index (χ2v) is 11.6. The number of carboxylic acid groups (broad SMARTS) is 1. The summed E-state index contributed by atoms with van der Waals surface area (Å²) in [6.45, 7) is 0.186. The van der Waals surface area contributed by atoms with Crippen molar-refractivity contribution >= 4 is 50.3 Å². The Morgan fingerprint density at radius 2 is 1.81 bits per heavy atom. The van der Waals surface area contributed by atoms with E-state index in [0.29, 0.717) is 22.8 Å². The van der Waals surface area contributed by atoms with Crippen LogP contribution >= 0.6 is 11.8 Å². The van der Waals surface area contributed by atoms with Gasteiger partial charge in [0.2, 0.25) is 21.1 Å². The molecule has 42 heavy (non-hydrogen) atoms. The predicted molar refractivity (Wildman–Crippen MR) is 157 cm³/mol. The molecule has 12 nitrogen and oxygen atoms in total. The van der Waals surface area contributed by atoms with Crippen LogP contribution < -0.4 is 14.8 Å². The van der Waals surface area contributed by atoms with Crippen LogP contribution in [0.5, 0.6) is 11.5 Å². The molecule has 1 atom stereocenters. The highest BCUT2D eigenvalue weighted by Gasteiger charge is 2.44. The number of carbonyl (C=O) groups excluding carboxylic acids is 1. The van der Waals surface area contributed by atoms with Crippen LogP contribution in [0, 0.1) is 0 Å². The number of thioether (sulfide) groups is 1. The lowest BCUT2D eigenvalue weighted by Gasteiger charge is -2.19. The summed E-state index contributed by atoms with van der Waals surface area (Å²) < 4.78 is 37.7. The predicted octanol–water partition coefficient (Wildman–Crippen LogP) is 4.08. The van der Waals surface area contributed by atoms with E-state index in [4.69, 9.17) is 19.2 Å². The molecular formula is C28H27N3O9S2. The monoisotopic (exact) mass is 613 g/mol. The van der Waals surface area contributed by atoms with Crippen LogP contribution in [0.2, 0.25) is 0 Å². The summed E-state index contributed by atoms with van der Waals surface area (Å²) in [7, 11) is -1.12. The van der Waals surface area contributed by atoms with E-state index >= 15 is 0 Å². The minimum Gasteiger partial charge on any atom is -0.493 e. The number of rotatable bonds is 12. The van der Waals surface area contributed by atoms with Crippen molar-refractivity contribution in [3.8, 4) is 11.5 Å². The number of aromatic carboxylic acids is 1. The Hall–Kier alpha value is -4.37. The zero-order chi connectivity index (χ0) is 30.1. The van der Waals surface area contributed by atoms with Crippen LogP contribution in [0.15, 0.2) is 88.9 Å². The van der Waals surface area contributed by atoms with E-state index in [9.17, 15) is 23.1 Å². The number of anilines is 1.